The van der Waals surface area contributed by atoms with E-state index in [2.05, 4.69) is 10.1 Å². The Kier molecular flexibility index (Phi) is 5.70. The molecular weight excluding hydrogens is 425 g/mol. The third kappa shape index (κ3) is 4.35. The van der Waals surface area contributed by atoms with Gasteiger partial charge in [0.05, 0.1) is 12.8 Å². The predicted octanol–water partition coefficient (Wildman–Crippen LogP) is 3.77. The number of amides is 1. The quantitative estimate of drug-likeness (QED) is 0.595. The zero-order valence-electron chi connectivity index (χ0n) is 17.9. The van der Waals surface area contributed by atoms with Crippen LogP contribution in [0.25, 0.3) is 5.65 Å². The molecule has 1 aliphatic rings. The lowest BCUT2D eigenvalue weighted by Crippen LogP contribution is -2.32. The van der Waals surface area contributed by atoms with E-state index in [0.29, 0.717) is 36.7 Å². The number of aryl methyl sites for hydroxylation is 2. The van der Waals surface area contributed by atoms with Crippen molar-refractivity contribution >= 4 is 11.6 Å². The van der Waals surface area contributed by atoms with Crippen LogP contribution in [0.3, 0.4) is 0 Å². The lowest BCUT2D eigenvalue weighted by Gasteiger charge is -2.17. The molecule has 2 aromatic heterocycles. The largest absolute Gasteiger partial charge is 0.493 e. The summed E-state index contributed by atoms with van der Waals surface area (Å²) in [6.45, 7) is 4.12. The van der Waals surface area contributed by atoms with Crippen molar-refractivity contribution in [3.05, 3.63) is 53.0 Å². The van der Waals surface area contributed by atoms with Gasteiger partial charge in [0.2, 0.25) is 0 Å². The van der Waals surface area contributed by atoms with Crippen LogP contribution >= 0.6 is 0 Å². The van der Waals surface area contributed by atoms with Crippen LogP contribution in [0.15, 0.2) is 30.3 Å². The molecule has 4 rings (SSSR count). The number of alkyl halides is 3. The Labute approximate surface area is 182 Å². The number of aromatic nitrogens is 3. The summed E-state index contributed by atoms with van der Waals surface area (Å²) in [5.41, 5.74) is 1.05. The zero-order valence-corrected chi connectivity index (χ0v) is 17.9. The maximum Gasteiger partial charge on any atom is 0.433 e. The SMILES string of the molecule is COc1cc(C)ccc1OCC(=O)N1CCC(c2cc3nc(C)cc(C(F)(F)F)n3n2)C1. The van der Waals surface area contributed by atoms with Gasteiger partial charge in [-0.15, -0.1) is 0 Å². The Morgan fingerprint density at radius 3 is 2.69 bits per heavy atom. The van der Waals surface area contributed by atoms with Gasteiger partial charge in [0.1, 0.15) is 5.69 Å². The summed E-state index contributed by atoms with van der Waals surface area (Å²) in [6, 6.07) is 7.97. The molecule has 1 aromatic carbocycles. The summed E-state index contributed by atoms with van der Waals surface area (Å²) in [4.78, 5) is 18.4. The van der Waals surface area contributed by atoms with Crippen molar-refractivity contribution in [3.8, 4) is 11.5 Å². The number of nitrogens with zero attached hydrogens (tertiary/aromatic N) is 4. The van der Waals surface area contributed by atoms with Gasteiger partial charge in [-0.05, 0) is 44.0 Å². The fourth-order valence-corrected chi connectivity index (χ4v) is 3.87. The molecule has 1 aliphatic heterocycles. The van der Waals surface area contributed by atoms with E-state index in [9.17, 15) is 18.0 Å². The van der Waals surface area contributed by atoms with Gasteiger partial charge in [0.15, 0.2) is 23.8 Å². The van der Waals surface area contributed by atoms with Gasteiger partial charge < -0.3 is 14.4 Å². The first-order chi connectivity index (χ1) is 15.2. The van der Waals surface area contributed by atoms with Gasteiger partial charge in [-0.1, -0.05) is 6.07 Å². The number of carbonyl (C=O) groups is 1. The van der Waals surface area contributed by atoms with E-state index in [0.717, 1.165) is 16.1 Å². The van der Waals surface area contributed by atoms with Crippen molar-refractivity contribution in [3.63, 3.8) is 0 Å². The lowest BCUT2D eigenvalue weighted by atomic mass is 10.1. The first-order valence-electron chi connectivity index (χ1n) is 10.2. The predicted molar refractivity (Wildman–Crippen MR) is 110 cm³/mol. The summed E-state index contributed by atoms with van der Waals surface area (Å²) in [6.07, 6.45) is -3.94. The van der Waals surface area contributed by atoms with Gasteiger partial charge in [0, 0.05) is 30.8 Å². The standard InChI is InChI=1S/C22H23F3N4O3/c1-13-4-5-17(18(8-13)31-3)32-12-21(30)28-7-6-15(11-28)16-10-20-26-14(2)9-19(22(23,24)25)29(20)27-16/h4-5,8-10,15H,6-7,11-12H2,1-3H3. The Bertz CT molecular complexity index is 1160. The molecule has 7 nitrogen and oxygen atoms in total. The van der Waals surface area contributed by atoms with E-state index in [4.69, 9.17) is 9.47 Å². The average Bonchev–Trinajstić information content (AvgIpc) is 3.38. The Morgan fingerprint density at radius 1 is 1.19 bits per heavy atom. The fourth-order valence-electron chi connectivity index (χ4n) is 3.87. The Balaban J connectivity index is 1.45. The van der Waals surface area contributed by atoms with E-state index in [1.807, 2.05) is 19.1 Å². The van der Waals surface area contributed by atoms with Crippen LogP contribution in [0.2, 0.25) is 0 Å². The van der Waals surface area contributed by atoms with Crippen LogP contribution in [0, 0.1) is 13.8 Å². The van der Waals surface area contributed by atoms with Crippen LogP contribution in [0.1, 0.15) is 35.0 Å². The number of halogens is 3. The number of fused-ring (bicyclic) bond motifs is 1. The second kappa shape index (κ2) is 8.33. The highest BCUT2D eigenvalue weighted by Gasteiger charge is 2.36. The molecule has 0 saturated carbocycles. The second-order valence-corrected chi connectivity index (χ2v) is 7.89. The highest BCUT2D eigenvalue weighted by molar-refractivity contribution is 5.78. The molecule has 0 radical (unpaired) electrons. The number of carbonyl (C=O) groups excluding carboxylic acids is 1. The molecule has 170 valence electrons. The van der Waals surface area contributed by atoms with Crippen molar-refractivity contribution in [1.82, 2.24) is 19.5 Å². The van der Waals surface area contributed by atoms with Crippen LogP contribution in [-0.2, 0) is 11.0 Å². The summed E-state index contributed by atoms with van der Waals surface area (Å²) >= 11 is 0. The Morgan fingerprint density at radius 2 is 1.97 bits per heavy atom. The molecule has 3 heterocycles. The Hall–Kier alpha value is -3.30. The maximum atomic E-state index is 13.4. The molecule has 0 spiro atoms. The van der Waals surface area contributed by atoms with Crippen LogP contribution in [-0.4, -0.2) is 52.2 Å². The molecule has 10 heteroatoms. The summed E-state index contributed by atoms with van der Waals surface area (Å²) < 4.78 is 51.9. The fraction of sp³-hybridized carbons (Fsp3) is 0.409. The van der Waals surface area contributed by atoms with Crippen molar-refractivity contribution in [1.29, 1.82) is 0 Å². The second-order valence-electron chi connectivity index (χ2n) is 7.89. The van der Waals surface area contributed by atoms with E-state index < -0.39 is 11.9 Å². The summed E-state index contributed by atoms with van der Waals surface area (Å²) in [5.74, 6) is 0.647. The van der Waals surface area contributed by atoms with Crippen molar-refractivity contribution in [2.45, 2.75) is 32.4 Å². The van der Waals surface area contributed by atoms with Gasteiger partial charge in [0.25, 0.3) is 5.91 Å². The van der Waals surface area contributed by atoms with Crippen molar-refractivity contribution in [2.75, 3.05) is 26.8 Å². The van der Waals surface area contributed by atoms with Crippen molar-refractivity contribution in [2.24, 2.45) is 0 Å². The van der Waals surface area contributed by atoms with Gasteiger partial charge in [-0.2, -0.15) is 18.3 Å². The molecule has 1 fully saturated rings. The molecule has 1 unspecified atom stereocenters. The number of hydrogen-bond donors (Lipinski definition) is 0. The minimum Gasteiger partial charge on any atom is -0.493 e. The normalized spacial score (nSPS) is 16.6. The van der Waals surface area contributed by atoms with E-state index in [-0.39, 0.29) is 29.8 Å². The third-order valence-corrected chi connectivity index (χ3v) is 5.49. The van der Waals surface area contributed by atoms with Crippen LogP contribution < -0.4 is 9.47 Å². The van der Waals surface area contributed by atoms with Crippen LogP contribution in [0.4, 0.5) is 13.2 Å². The van der Waals surface area contributed by atoms with Crippen LogP contribution in [0.5, 0.6) is 11.5 Å². The topological polar surface area (TPSA) is 69.0 Å². The highest BCUT2D eigenvalue weighted by atomic mass is 19.4. The summed E-state index contributed by atoms with van der Waals surface area (Å²) in [7, 11) is 1.53. The number of rotatable bonds is 5. The molecule has 32 heavy (non-hydrogen) atoms. The summed E-state index contributed by atoms with van der Waals surface area (Å²) in [5, 5.41) is 4.17. The first-order valence-corrected chi connectivity index (χ1v) is 10.2. The van der Waals surface area contributed by atoms with Gasteiger partial charge >= 0.3 is 6.18 Å². The molecule has 1 amide bonds. The average molecular weight is 448 g/mol. The first kappa shape index (κ1) is 21.9. The van der Waals surface area contributed by atoms with Crippen molar-refractivity contribution < 1.29 is 27.4 Å². The number of benzene rings is 1. The van der Waals surface area contributed by atoms with E-state index in [1.165, 1.54) is 14.0 Å². The monoisotopic (exact) mass is 448 g/mol. The third-order valence-electron chi connectivity index (χ3n) is 5.49. The smallest absolute Gasteiger partial charge is 0.433 e. The lowest BCUT2D eigenvalue weighted by molar-refractivity contribution is -0.142. The molecule has 3 aromatic rings. The zero-order chi connectivity index (χ0) is 23.0. The minimum atomic E-state index is -4.54. The molecule has 0 aliphatic carbocycles. The number of ether oxygens (including phenoxy) is 2. The molecule has 1 saturated heterocycles. The molecule has 0 N–H and O–H groups in total. The minimum absolute atomic E-state index is 0.145. The van der Waals surface area contributed by atoms with E-state index in [1.54, 1.807) is 17.0 Å². The highest BCUT2D eigenvalue weighted by Crippen LogP contribution is 2.32. The van der Waals surface area contributed by atoms with E-state index >= 15 is 0 Å². The van der Waals surface area contributed by atoms with Gasteiger partial charge in [-0.3, -0.25) is 4.79 Å². The molecule has 0 bridgehead atoms. The number of methoxy groups -OCH3 is 1. The maximum absolute atomic E-state index is 13.4. The van der Waals surface area contributed by atoms with Gasteiger partial charge in [-0.25, -0.2) is 9.50 Å². The number of likely N-dealkylation sites (tertiary alicyclic amines) is 1. The number of hydrogen-bond acceptors (Lipinski definition) is 5. The molecule has 1 atom stereocenters. The molecular formula is C22H23F3N4O3.